The van der Waals surface area contributed by atoms with Crippen LogP contribution >= 0.6 is 0 Å². The average Bonchev–Trinajstić information content (AvgIpc) is 2.80. The maximum Gasteiger partial charge on any atom is 0.410 e. The van der Waals surface area contributed by atoms with Gasteiger partial charge in [-0.25, -0.2) is 4.79 Å². The fourth-order valence-corrected chi connectivity index (χ4v) is 2.75. The lowest BCUT2D eigenvalue weighted by Crippen LogP contribution is -2.44. The Morgan fingerprint density at radius 3 is 2.74 bits per heavy atom. The Bertz CT molecular complexity index is 505. The van der Waals surface area contributed by atoms with Crippen LogP contribution in [0.5, 0.6) is 0 Å². The zero-order chi connectivity index (χ0) is 16.9. The molecule has 1 N–H and O–H groups in total. The third kappa shape index (κ3) is 5.90. The average molecular weight is 322 g/mol. The molecule has 1 fully saturated rings. The van der Waals surface area contributed by atoms with Gasteiger partial charge in [0, 0.05) is 25.6 Å². The van der Waals surface area contributed by atoms with Crippen molar-refractivity contribution in [2.75, 3.05) is 13.1 Å². The molecule has 130 valence electrons. The van der Waals surface area contributed by atoms with E-state index in [1.165, 1.54) is 0 Å². The zero-order valence-electron chi connectivity index (χ0n) is 14.9. The van der Waals surface area contributed by atoms with Gasteiger partial charge in [0.2, 0.25) is 0 Å². The Hall–Kier alpha value is -1.49. The molecule has 1 aromatic rings. The zero-order valence-corrected chi connectivity index (χ0v) is 14.9. The van der Waals surface area contributed by atoms with Crippen LogP contribution in [0.25, 0.3) is 0 Å². The number of rotatable bonds is 4. The van der Waals surface area contributed by atoms with Crippen LogP contribution in [0.3, 0.4) is 0 Å². The van der Waals surface area contributed by atoms with Crippen LogP contribution < -0.4 is 5.32 Å². The highest BCUT2D eigenvalue weighted by Crippen LogP contribution is 2.16. The van der Waals surface area contributed by atoms with E-state index in [0.29, 0.717) is 13.1 Å². The second-order valence-electron chi connectivity index (χ2n) is 7.22. The smallest absolute Gasteiger partial charge is 0.410 e. The van der Waals surface area contributed by atoms with Crippen molar-refractivity contribution in [1.82, 2.24) is 10.2 Å². The van der Waals surface area contributed by atoms with E-state index in [1.54, 1.807) is 0 Å². The Kier molecular flexibility index (Phi) is 6.10. The molecule has 23 heavy (non-hydrogen) atoms. The van der Waals surface area contributed by atoms with Gasteiger partial charge in [-0.1, -0.05) is 13.3 Å². The summed E-state index contributed by atoms with van der Waals surface area (Å²) in [6, 6.07) is 4.32. The number of carbonyl (C=O) groups is 1. The van der Waals surface area contributed by atoms with Crippen LogP contribution in [0.2, 0.25) is 0 Å². The Labute approximate surface area is 139 Å². The first kappa shape index (κ1) is 17.9. The molecule has 2 rings (SSSR count). The topological polar surface area (TPSA) is 54.7 Å². The number of nitrogens with zero attached hydrogens (tertiary/aromatic N) is 1. The first-order chi connectivity index (χ1) is 10.9. The summed E-state index contributed by atoms with van der Waals surface area (Å²) in [5, 5.41) is 3.52. The molecule has 2 heterocycles. The molecule has 5 nitrogen and oxygen atoms in total. The number of ether oxygens (including phenoxy) is 1. The van der Waals surface area contributed by atoms with Crippen molar-refractivity contribution in [2.24, 2.45) is 0 Å². The fraction of sp³-hybridized carbons (Fsp3) is 0.722. The minimum Gasteiger partial charge on any atom is -0.465 e. The van der Waals surface area contributed by atoms with Crippen molar-refractivity contribution in [3.05, 3.63) is 23.7 Å². The molecule has 0 aromatic carbocycles. The van der Waals surface area contributed by atoms with Gasteiger partial charge in [0.1, 0.15) is 17.1 Å². The highest BCUT2D eigenvalue weighted by atomic mass is 16.6. The van der Waals surface area contributed by atoms with Crippen molar-refractivity contribution >= 4 is 6.09 Å². The number of nitrogens with one attached hydrogen (secondary N) is 1. The molecule has 1 aromatic heterocycles. The van der Waals surface area contributed by atoms with E-state index in [2.05, 4.69) is 12.2 Å². The minimum atomic E-state index is -0.447. The number of carbonyl (C=O) groups excluding carboxylic acids is 1. The minimum absolute atomic E-state index is 0.211. The monoisotopic (exact) mass is 322 g/mol. The predicted octanol–water partition coefficient (Wildman–Crippen LogP) is 3.72. The van der Waals surface area contributed by atoms with E-state index in [1.807, 2.05) is 37.8 Å². The number of furan rings is 1. The van der Waals surface area contributed by atoms with Crippen LogP contribution in [-0.4, -0.2) is 35.7 Å². The lowest BCUT2D eigenvalue weighted by atomic mass is 10.1. The first-order valence-electron chi connectivity index (χ1n) is 8.66. The molecule has 0 saturated carbocycles. The van der Waals surface area contributed by atoms with E-state index in [4.69, 9.17) is 9.15 Å². The number of likely N-dealkylation sites (tertiary alicyclic amines) is 1. The van der Waals surface area contributed by atoms with E-state index in [9.17, 15) is 4.79 Å². The van der Waals surface area contributed by atoms with Crippen molar-refractivity contribution in [3.8, 4) is 0 Å². The molecule has 5 heteroatoms. The number of hydrogen-bond donors (Lipinski definition) is 1. The van der Waals surface area contributed by atoms with Gasteiger partial charge in [-0.05, 0) is 45.7 Å². The van der Waals surface area contributed by atoms with Gasteiger partial charge in [0.15, 0.2) is 0 Å². The Morgan fingerprint density at radius 2 is 2.09 bits per heavy atom. The molecule has 0 radical (unpaired) electrons. The molecular formula is C18H30N2O3. The summed E-state index contributed by atoms with van der Waals surface area (Å²) in [6.07, 6.45) is 3.92. The van der Waals surface area contributed by atoms with Gasteiger partial charge in [-0.3, -0.25) is 0 Å². The molecule has 1 aliphatic rings. The van der Waals surface area contributed by atoms with Crippen molar-refractivity contribution in [2.45, 2.75) is 71.6 Å². The maximum atomic E-state index is 12.3. The molecule has 0 aliphatic carbocycles. The van der Waals surface area contributed by atoms with Crippen LogP contribution in [-0.2, 0) is 17.7 Å². The number of amides is 1. The normalized spacial score (nSPS) is 19.5. The van der Waals surface area contributed by atoms with Crippen molar-refractivity contribution in [3.63, 3.8) is 0 Å². The fourth-order valence-electron chi connectivity index (χ4n) is 2.75. The van der Waals surface area contributed by atoms with E-state index < -0.39 is 5.60 Å². The number of hydrogen-bond acceptors (Lipinski definition) is 4. The molecule has 1 aliphatic heterocycles. The largest absolute Gasteiger partial charge is 0.465 e. The second kappa shape index (κ2) is 7.86. The van der Waals surface area contributed by atoms with E-state index >= 15 is 0 Å². The maximum absolute atomic E-state index is 12.3. The number of aryl methyl sites for hydroxylation is 1. The van der Waals surface area contributed by atoms with Crippen LogP contribution in [0, 0.1) is 0 Å². The molecule has 1 amide bonds. The SMILES string of the molecule is CCc1ccc(CNC2CCCCN(C(=O)OC(C)(C)C)C2)o1. The lowest BCUT2D eigenvalue weighted by molar-refractivity contribution is 0.0243. The summed E-state index contributed by atoms with van der Waals surface area (Å²) in [6.45, 7) is 9.96. The van der Waals surface area contributed by atoms with Gasteiger partial charge >= 0.3 is 6.09 Å². The molecule has 0 spiro atoms. The van der Waals surface area contributed by atoms with Gasteiger partial charge in [-0.15, -0.1) is 0 Å². The van der Waals surface area contributed by atoms with Gasteiger partial charge in [-0.2, -0.15) is 0 Å². The third-order valence-corrected chi connectivity index (χ3v) is 3.95. The Balaban J connectivity index is 1.87. The van der Waals surface area contributed by atoms with Crippen molar-refractivity contribution < 1.29 is 13.9 Å². The molecular weight excluding hydrogens is 292 g/mol. The standard InChI is InChI=1S/C18H30N2O3/c1-5-15-9-10-16(22-15)12-19-14-8-6-7-11-20(13-14)17(21)23-18(2,3)4/h9-10,14,19H,5-8,11-13H2,1-4H3. The van der Waals surface area contributed by atoms with Crippen LogP contribution in [0.4, 0.5) is 4.79 Å². The summed E-state index contributed by atoms with van der Waals surface area (Å²) < 4.78 is 11.2. The van der Waals surface area contributed by atoms with Crippen molar-refractivity contribution in [1.29, 1.82) is 0 Å². The van der Waals surface area contributed by atoms with Gasteiger partial charge in [0.25, 0.3) is 0 Å². The second-order valence-corrected chi connectivity index (χ2v) is 7.22. The van der Waals surface area contributed by atoms with Gasteiger partial charge < -0.3 is 19.4 Å². The summed E-state index contributed by atoms with van der Waals surface area (Å²) in [5.74, 6) is 1.97. The molecule has 1 atom stereocenters. The third-order valence-electron chi connectivity index (χ3n) is 3.95. The van der Waals surface area contributed by atoms with E-state index in [-0.39, 0.29) is 12.1 Å². The first-order valence-corrected chi connectivity index (χ1v) is 8.66. The molecule has 0 bridgehead atoms. The highest BCUT2D eigenvalue weighted by Gasteiger charge is 2.26. The van der Waals surface area contributed by atoms with Crippen LogP contribution in [0.15, 0.2) is 16.5 Å². The van der Waals surface area contributed by atoms with Crippen LogP contribution in [0.1, 0.15) is 58.5 Å². The van der Waals surface area contributed by atoms with E-state index in [0.717, 1.165) is 43.7 Å². The summed E-state index contributed by atoms with van der Waals surface area (Å²) in [4.78, 5) is 14.1. The highest BCUT2D eigenvalue weighted by molar-refractivity contribution is 5.68. The molecule has 1 saturated heterocycles. The quantitative estimate of drug-likeness (QED) is 0.918. The summed E-state index contributed by atoms with van der Waals surface area (Å²) in [5.41, 5.74) is -0.447. The Morgan fingerprint density at radius 1 is 1.35 bits per heavy atom. The lowest BCUT2D eigenvalue weighted by Gasteiger charge is -2.28. The van der Waals surface area contributed by atoms with Gasteiger partial charge in [0.05, 0.1) is 6.54 Å². The summed E-state index contributed by atoms with van der Waals surface area (Å²) in [7, 11) is 0. The predicted molar refractivity (Wildman–Crippen MR) is 90.4 cm³/mol. The summed E-state index contributed by atoms with van der Waals surface area (Å²) >= 11 is 0. The molecule has 1 unspecified atom stereocenters.